The molecular formula is C27H43N6O6+. The number of ether oxygens (including phenoxy) is 1. The average Bonchev–Trinajstić information content (AvgIpc) is 2.88. The van der Waals surface area contributed by atoms with Gasteiger partial charge in [0.15, 0.2) is 0 Å². The topological polar surface area (TPSA) is 174 Å². The summed E-state index contributed by atoms with van der Waals surface area (Å²) in [6.45, 7) is 8.92. The zero-order valence-corrected chi connectivity index (χ0v) is 23.4. The number of nitrogens with one attached hydrogen (secondary N) is 4. The highest BCUT2D eigenvalue weighted by Crippen LogP contribution is 2.18. The number of quaternary nitrogens is 1. The summed E-state index contributed by atoms with van der Waals surface area (Å²) in [5.41, 5.74) is 4.53. The highest BCUT2D eigenvalue weighted by molar-refractivity contribution is 5.98. The minimum absolute atomic E-state index is 0.121. The number of carbonyl (C=O) groups is 5. The van der Waals surface area contributed by atoms with Gasteiger partial charge in [-0.1, -0.05) is 32.9 Å². The highest BCUT2D eigenvalue weighted by atomic mass is 16.6. The lowest BCUT2D eigenvalue weighted by molar-refractivity contribution is -0.250. The Morgan fingerprint density at radius 1 is 1.03 bits per heavy atom. The van der Waals surface area contributed by atoms with Crippen molar-refractivity contribution < 1.29 is 34.4 Å². The predicted molar refractivity (Wildman–Crippen MR) is 145 cm³/mol. The molecular weight excluding hydrogens is 504 g/mol. The van der Waals surface area contributed by atoms with Crippen LogP contribution in [0.4, 0.5) is 15.3 Å². The summed E-state index contributed by atoms with van der Waals surface area (Å²) in [4.78, 5) is 62.7. The summed E-state index contributed by atoms with van der Waals surface area (Å²) in [5.74, 6) is -0.828. The van der Waals surface area contributed by atoms with Gasteiger partial charge in [-0.3, -0.25) is 20.1 Å². The molecule has 12 heteroatoms. The van der Waals surface area contributed by atoms with Gasteiger partial charge in [0.25, 0.3) is 0 Å². The first kappa shape index (κ1) is 31.5. The molecule has 1 aliphatic heterocycles. The third-order valence-electron chi connectivity index (χ3n) is 6.56. The molecule has 1 aliphatic rings. The summed E-state index contributed by atoms with van der Waals surface area (Å²) in [7, 11) is 0. The van der Waals surface area contributed by atoms with Crippen LogP contribution in [-0.4, -0.2) is 66.5 Å². The zero-order valence-electron chi connectivity index (χ0n) is 23.4. The van der Waals surface area contributed by atoms with Crippen LogP contribution in [0, 0.1) is 11.8 Å². The molecule has 0 saturated carbocycles. The Morgan fingerprint density at radius 3 is 2.23 bits per heavy atom. The molecule has 2 atom stereocenters. The molecule has 1 aromatic carbocycles. The van der Waals surface area contributed by atoms with Gasteiger partial charge in [-0.15, -0.1) is 0 Å². The summed E-state index contributed by atoms with van der Waals surface area (Å²) >= 11 is 0. The van der Waals surface area contributed by atoms with Crippen LogP contribution >= 0.6 is 0 Å². The number of amides is 6. The molecule has 1 heterocycles. The lowest BCUT2D eigenvalue weighted by Gasteiger charge is -2.29. The number of carbonyl (C=O) groups excluding carboxylic acids is 5. The Bertz CT molecular complexity index is 991. The number of rotatable bonds is 12. The zero-order chi connectivity index (χ0) is 28.9. The number of benzene rings is 1. The maximum atomic E-state index is 13.1. The van der Waals surface area contributed by atoms with Gasteiger partial charge in [0.05, 0.1) is 0 Å². The molecule has 2 unspecified atom stereocenters. The fourth-order valence-electron chi connectivity index (χ4n) is 4.16. The van der Waals surface area contributed by atoms with Crippen molar-refractivity contribution >= 4 is 35.5 Å². The molecule has 1 aromatic rings. The summed E-state index contributed by atoms with van der Waals surface area (Å²) in [6.07, 6.45) is 2.30. The first-order chi connectivity index (χ1) is 18.5. The van der Waals surface area contributed by atoms with E-state index in [1.807, 2.05) is 0 Å². The molecule has 39 heavy (non-hydrogen) atoms. The lowest BCUT2D eigenvalue weighted by Crippen LogP contribution is -2.63. The van der Waals surface area contributed by atoms with Crippen molar-refractivity contribution in [2.45, 2.75) is 72.1 Å². The van der Waals surface area contributed by atoms with E-state index in [-0.39, 0.29) is 30.9 Å². The van der Waals surface area contributed by atoms with Gasteiger partial charge < -0.3 is 30.9 Å². The maximum absolute atomic E-state index is 13.1. The molecule has 6 amide bonds. The van der Waals surface area contributed by atoms with Crippen molar-refractivity contribution in [1.29, 1.82) is 0 Å². The van der Waals surface area contributed by atoms with E-state index < -0.39 is 29.9 Å². The molecule has 2 rings (SSSR count). The molecule has 0 aliphatic carbocycles. The maximum Gasteiger partial charge on any atom is 0.411 e. The monoisotopic (exact) mass is 547 g/mol. The first-order valence-electron chi connectivity index (χ1n) is 13.4. The van der Waals surface area contributed by atoms with Crippen LogP contribution in [0.15, 0.2) is 24.3 Å². The van der Waals surface area contributed by atoms with Gasteiger partial charge in [0.1, 0.15) is 18.7 Å². The number of nitrogens with zero attached hydrogens (tertiary/aromatic N) is 1. The first-order valence-corrected chi connectivity index (χ1v) is 13.4. The minimum Gasteiger partial charge on any atom is -0.445 e. The van der Waals surface area contributed by atoms with E-state index >= 15 is 0 Å². The fourth-order valence-corrected chi connectivity index (χ4v) is 4.16. The second kappa shape index (κ2) is 15.7. The van der Waals surface area contributed by atoms with E-state index in [0.29, 0.717) is 37.7 Å². The smallest absolute Gasteiger partial charge is 0.411 e. The number of hydrogen-bond donors (Lipinski definition) is 5. The lowest BCUT2D eigenvalue weighted by atomic mass is 10.00. The molecule has 7 N–H and O–H groups in total. The van der Waals surface area contributed by atoms with Crippen LogP contribution < -0.4 is 27.0 Å². The van der Waals surface area contributed by atoms with Crippen molar-refractivity contribution in [2.75, 3.05) is 25.0 Å². The third-order valence-corrected chi connectivity index (χ3v) is 6.56. The average molecular weight is 548 g/mol. The molecule has 0 bridgehead atoms. The van der Waals surface area contributed by atoms with Gasteiger partial charge >= 0.3 is 12.1 Å². The molecule has 0 spiro atoms. The highest BCUT2D eigenvalue weighted by Gasteiger charge is 2.28. The normalized spacial score (nSPS) is 15.2. The Balaban J connectivity index is 1.97. The Morgan fingerprint density at radius 2 is 1.67 bits per heavy atom. The van der Waals surface area contributed by atoms with Crippen molar-refractivity contribution in [1.82, 2.24) is 20.9 Å². The Hall–Kier alpha value is -3.67. The summed E-state index contributed by atoms with van der Waals surface area (Å²) in [5, 5.41) is 10.7. The van der Waals surface area contributed by atoms with Crippen LogP contribution in [-0.2, 0) is 25.7 Å². The van der Waals surface area contributed by atoms with E-state index in [1.54, 1.807) is 43.0 Å². The van der Waals surface area contributed by atoms with Gasteiger partial charge in [-0.2, -0.15) is 0 Å². The molecule has 12 nitrogen and oxygen atoms in total. The molecule has 216 valence electrons. The Kier molecular flexibility index (Phi) is 12.7. The molecule has 0 radical (unpaired) electrons. The van der Waals surface area contributed by atoms with E-state index in [4.69, 9.17) is 4.74 Å². The van der Waals surface area contributed by atoms with Gasteiger partial charge in [0.2, 0.25) is 17.7 Å². The van der Waals surface area contributed by atoms with Crippen LogP contribution in [0.25, 0.3) is 0 Å². The van der Waals surface area contributed by atoms with Crippen molar-refractivity contribution in [3.63, 3.8) is 0 Å². The fraction of sp³-hybridized carbons (Fsp3) is 0.593. The predicted octanol–water partition coefficient (Wildman–Crippen LogP) is 1.37. The van der Waals surface area contributed by atoms with Crippen molar-refractivity contribution in [3.05, 3.63) is 29.8 Å². The molecule has 1 saturated heterocycles. The van der Waals surface area contributed by atoms with Crippen molar-refractivity contribution in [2.24, 2.45) is 11.8 Å². The number of piperidine rings is 1. The number of anilines is 1. The van der Waals surface area contributed by atoms with Gasteiger partial charge in [0, 0.05) is 32.2 Å². The largest absolute Gasteiger partial charge is 0.445 e. The SMILES string of the molecule is CC(=O)NC(C(=O)NC(CCCNC([NH3+])=O)C(=O)Nc1ccc(COC(=O)N2CCC(C)CC2)cc1)C(C)C. The number of likely N-dealkylation sites (tertiary alicyclic amines) is 1. The number of hydrogen-bond acceptors (Lipinski definition) is 6. The van der Waals surface area contributed by atoms with E-state index in [1.165, 1.54) is 6.92 Å². The van der Waals surface area contributed by atoms with Crippen molar-refractivity contribution in [3.8, 4) is 0 Å². The van der Waals surface area contributed by atoms with Crippen LogP contribution in [0.3, 0.4) is 0 Å². The summed E-state index contributed by atoms with van der Waals surface area (Å²) in [6, 6.07) is 4.77. The summed E-state index contributed by atoms with van der Waals surface area (Å²) < 4.78 is 5.43. The third kappa shape index (κ3) is 11.3. The second-order valence-electron chi connectivity index (χ2n) is 10.4. The van der Waals surface area contributed by atoms with E-state index in [2.05, 4.69) is 33.9 Å². The second-order valence-corrected chi connectivity index (χ2v) is 10.4. The quantitative estimate of drug-likeness (QED) is 0.247. The van der Waals surface area contributed by atoms with Crippen LogP contribution in [0.2, 0.25) is 0 Å². The van der Waals surface area contributed by atoms with Crippen LogP contribution in [0.5, 0.6) is 0 Å². The molecule has 1 fully saturated rings. The van der Waals surface area contributed by atoms with Gasteiger partial charge in [-0.25, -0.2) is 9.59 Å². The van der Waals surface area contributed by atoms with E-state index in [9.17, 15) is 24.0 Å². The number of urea groups is 1. The minimum atomic E-state index is -0.901. The van der Waals surface area contributed by atoms with Crippen LogP contribution in [0.1, 0.15) is 58.9 Å². The van der Waals surface area contributed by atoms with E-state index in [0.717, 1.165) is 18.4 Å². The Labute approximate surface area is 229 Å². The van der Waals surface area contributed by atoms with Gasteiger partial charge in [-0.05, 0) is 55.2 Å². The molecule has 0 aromatic heterocycles. The standard InChI is InChI=1S/C27H42N6O6/c1-17(2)23(30-19(4)34)25(36)32-22(6-5-13-29-26(28)37)24(35)31-21-9-7-20(8-10-21)16-39-27(38)33-14-11-18(3)12-15-33/h7-10,17-18,22-23H,5-6,11-16H2,1-4H3,(H,30,34)(H,31,35)(H,32,36)(H3,28,29,37)/p+1.